The maximum Gasteiger partial charge on any atom is 0.325 e. The molecule has 0 atom stereocenters. The van der Waals surface area contributed by atoms with Crippen LogP contribution in [0.2, 0.25) is 0 Å². The Balaban J connectivity index is 2.88. The molecule has 0 aliphatic rings. The van der Waals surface area contributed by atoms with Crippen molar-refractivity contribution in [1.82, 2.24) is 0 Å². The van der Waals surface area contributed by atoms with Crippen molar-refractivity contribution < 1.29 is 9.53 Å². The minimum absolute atomic E-state index is 0.0928. The number of benzene rings is 1. The minimum Gasteiger partial charge on any atom is -0.468 e. The van der Waals surface area contributed by atoms with Gasteiger partial charge in [-0.3, -0.25) is 4.79 Å². The Kier molecular flexibility index (Phi) is 4.25. The number of hydrogen-bond acceptors (Lipinski definition) is 4. The molecule has 0 saturated carbocycles. The van der Waals surface area contributed by atoms with Crippen molar-refractivity contribution in [3.8, 4) is 0 Å². The van der Waals surface area contributed by atoms with Crippen LogP contribution in [-0.4, -0.2) is 24.6 Å². The van der Waals surface area contributed by atoms with E-state index in [1.165, 1.54) is 7.11 Å². The molecule has 1 aromatic carbocycles. The molecule has 0 bridgehead atoms. The van der Waals surface area contributed by atoms with Crippen LogP contribution in [0.1, 0.15) is 11.1 Å². The summed E-state index contributed by atoms with van der Waals surface area (Å²) < 4.78 is 4.54. The summed E-state index contributed by atoms with van der Waals surface area (Å²) in [6, 6.07) is 5.63. The van der Waals surface area contributed by atoms with E-state index < -0.39 is 0 Å². The topological polar surface area (TPSA) is 64.3 Å². The van der Waals surface area contributed by atoms with Gasteiger partial charge < -0.3 is 15.8 Å². The number of thiocarbonyl (C=S) groups is 1. The van der Waals surface area contributed by atoms with Gasteiger partial charge in [-0.05, 0) is 24.6 Å². The zero-order chi connectivity index (χ0) is 12.1. The molecule has 0 heterocycles. The number of ether oxygens (including phenoxy) is 1. The van der Waals surface area contributed by atoms with Crippen LogP contribution < -0.4 is 11.1 Å². The van der Waals surface area contributed by atoms with Gasteiger partial charge in [-0.25, -0.2) is 0 Å². The number of esters is 1. The van der Waals surface area contributed by atoms with Crippen LogP contribution in [0.4, 0.5) is 5.69 Å². The first-order chi connectivity index (χ1) is 7.54. The number of nitrogens with one attached hydrogen (secondary N) is 1. The number of methoxy groups -OCH3 is 1. The molecule has 5 heteroatoms. The number of anilines is 1. The van der Waals surface area contributed by atoms with Gasteiger partial charge in [0.2, 0.25) is 0 Å². The lowest BCUT2D eigenvalue weighted by Gasteiger charge is -2.11. The Morgan fingerprint density at radius 3 is 2.81 bits per heavy atom. The standard InChI is InChI=1S/C11H14N2O2S/c1-7-3-4-8(11(12)16)9(5-7)13-6-10(14)15-2/h3-5,13H,6H2,1-2H3,(H2,12,16). The lowest BCUT2D eigenvalue weighted by molar-refractivity contribution is -0.138. The van der Waals surface area contributed by atoms with Crippen LogP contribution in [0.5, 0.6) is 0 Å². The highest BCUT2D eigenvalue weighted by Crippen LogP contribution is 2.17. The van der Waals surface area contributed by atoms with Crippen LogP contribution in [-0.2, 0) is 9.53 Å². The average molecular weight is 238 g/mol. The van der Waals surface area contributed by atoms with Gasteiger partial charge in [-0.2, -0.15) is 0 Å². The Morgan fingerprint density at radius 2 is 2.25 bits per heavy atom. The van der Waals surface area contributed by atoms with Gasteiger partial charge in [0.05, 0.1) is 7.11 Å². The quantitative estimate of drug-likeness (QED) is 0.610. The van der Waals surface area contributed by atoms with Gasteiger partial charge in [0, 0.05) is 11.3 Å². The molecule has 0 aromatic heterocycles. The largest absolute Gasteiger partial charge is 0.468 e. The van der Waals surface area contributed by atoms with E-state index in [4.69, 9.17) is 18.0 Å². The summed E-state index contributed by atoms with van der Waals surface area (Å²) in [7, 11) is 1.34. The maximum atomic E-state index is 11.0. The lowest BCUT2D eigenvalue weighted by atomic mass is 10.1. The second-order valence-electron chi connectivity index (χ2n) is 3.34. The van der Waals surface area contributed by atoms with Gasteiger partial charge in [0.1, 0.15) is 11.5 Å². The third-order valence-corrected chi connectivity index (χ3v) is 2.31. The van der Waals surface area contributed by atoms with Gasteiger partial charge in [0.25, 0.3) is 0 Å². The molecule has 3 N–H and O–H groups in total. The normalized spacial score (nSPS) is 9.62. The smallest absolute Gasteiger partial charge is 0.325 e. The fraction of sp³-hybridized carbons (Fsp3) is 0.273. The summed E-state index contributed by atoms with van der Waals surface area (Å²) in [5.74, 6) is -0.338. The first kappa shape index (κ1) is 12.4. The molecule has 0 aliphatic heterocycles. The molecule has 4 nitrogen and oxygen atoms in total. The van der Waals surface area contributed by atoms with Crippen molar-refractivity contribution in [3.05, 3.63) is 29.3 Å². The van der Waals surface area contributed by atoms with E-state index in [2.05, 4.69) is 10.1 Å². The van der Waals surface area contributed by atoms with Gasteiger partial charge in [-0.1, -0.05) is 18.3 Å². The van der Waals surface area contributed by atoms with Crippen molar-refractivity contribution in [1.29, 1.82) is 0 Å². The molecular formula is C11H14N2O2S. The zero-order valence-corrected chi connectivity index (χ0v) is 10.1. The first-order valence-electron chi connectivity index (χ1n) is 4.75. The summed E-state index contributed by atoms with van der Waals surface area (Å²) in [5.41, 5.74) is 8.12. The van der Waals surface area contributed by atoms with E-state index in [0.29, 0.717) is 4.99 Å². The predicted octanol–water partition coefficient (Wildman–Crippen LogP) is 1.21. The molecular weight excluding hydrogens is 224 g/mol. The summed E-state index contributed by atoms with van der Waals surface area (Å²) >= 11 is 4.92. The van der Waals surface area contributed by atoms with E-state index in [1.54, 1.807) is 0 Å². The van der Waals surface area contributed by atoms with Crippen LogP contribution >= 0.6 is 12.2 Å². The molecule has 86 valence electrons. The Morgan fingerprint density at radius 1 is 1.56 bits per heavy atom. The highest BCUT2D eigenvalue weighted by molar-refractivity contribution is 7.80. The number of carbonyl (C=O) groups is 1. The predicted molar refractivity (Wildman–Crippen MR) is 67.6 cm³/mol. The van der Waals surface area contributed by atoms with Crippen molar-refractivity contribution in [3.63, 3.8) is 0 Å². The van der Waals surface area contributed by atoms with E-state index >= 15 is 0 Å². The first-order valence-corrected chi connectivity index (χ1v) is 5.16. The van der Waals surface area contributed by atoms with Crippen molar-refractivity contribution in [2.24, 2.45) is 5.73 Å². The number of rotatable bonds is 4. The lowest BCUT2D eigenvalue weighted by Crippen LogP contribution is -2.18. The molecule has 0 fully saturated rings. The third-order valence-electron chi connectivity index (χ3n) is 2.09. The Bertz CT molecular complexity index is 418. The summed E-state index contributed by atoms with van der Waals surface area (Å²) in [4.78, 5) is 11.3. The van der Waals surface area contributed by atoms with Crippen molar-refractivity contribution in [2.45, 2.75) is 6.92 Å². The van der Waals surface area contributed by atoms with E-state index in [0.717, 1.165) is 16.8 Å². The Labute approximate surface area is 99.8 Å². The number of aryl methyl sites for hydroxylation is 1. The van der Waals surface area contributed by atoms with Gasteiger partial charge in [-0.15, -0.1) is 0 Å². The number of nitrogens with two attached hydrogens (primary N) is 1. The molecule has 0 spiro atoms. The number of carbonyl (C=O) groups excluding carboxylic acids is 1. The van der Waals surface area contributed by atoms with Gasteiger partial charge in [0.15, 0.2) is 0 Å². The van der Waals surface area contributed by atoms with Crippen LogP contribution in [0.25, 0.3) is 0 Å². The highest BCUT2D eigenvalue weighted by Gasteiger charge is 2.07. The summed E-state index contributed by atoms with van der Waals surface area (Å²) in [6.45, 7) is 2.04. The minimum atomic E-state index is -0.338. The van der Waals surface area contributed by atoms with Crippen molar-refractivity contribution >= 4 is 28.9 Å². The second kappa shape index (κ2) is 5.46. The summed E-state index contributed by atoms with van der Waals surface area (Å²) in [5, 5.41) is 2.94. The van der Waals surface area contributed by atoms with E-state index in [1.807, 2.05) is 25.1 Å². The molecule has 16 heavy (non-hydrogen) atoms. The molecule has 0 unspecified atom stereocenters. The molecule has 1 aromatic rings. The molecule has 0 radical (unpaired) electrons. The fourth-order valence-corrected chi connectivity index (χ4v) is 1.44. The highest BCUT2D eigenvalue weighted by atomic mass is 32.1. The SMILES string of the molecule is COC(=O)CNc1cc(C)ccc1C(N)=S. The molecule has 0 amide bonds. The van der Waals surface area contributed by atoms with E-state index in [9.17, 15) is 4.79 Å². The fourth-order valence-electron chi connectivity index (χ4n) is 1.26. The summed E-state index contributed by atoms with van der Waals surface area (Å²) in [6.07, 6.45) is 0. The van der Waals surface area contributed by atoms with Gasteiger partial charge >= 0.3 is 5.97 Å². The molecule has 0 saturated heterocycles. The van der Waals surface area contributed by atoms with Crippen LogP contribution in [0, 0.1) is 6.92 Å². The zero-order valence-electron chi connectivity index (χ0n) is 9.24. The van der Waals surface area contributed by atoms with Crippen LogP contribution in [0.3, 0.4) is 0 Å². The number of hydrogen-bond donors (Lipinski definition) is 2. The Hall–Kier alpha value is -1.62. The van der Waals surface area contributed by atoms with E-state index in [-0.39, 0.29) is 12.5 Å². The average Bonchev–Trinajstić information content (AvgIpc) is 2.25. The third kappa shape index (κ3) is 3.20. The second-order valence-corrected chi connectivity index (χ2v) is 3.78. The monoisotopic (exact) mass is 238 g/mol. The van der Waals surface area contributed by atoms with Crippen molar-refractivity contribution in [2.75, 3.05) is 19.0 Å². The molecule has 1 rings (SSSR count). The molecule has 0 aliphatic carbocycles. The maximum absolute atomic E-state index is 11.0. The van der Waals surface area contributed by atoms with Crippen LogP contribution in [0.15, 0.2) is 18.2 Å².